The molecule has 8 heteroatoms. The van der Waals surface area contributed by atoms with Gasteiger partial charge in [-0.25, -0.2) is 9.37 Å². The molecule has 1 aromatic heterocycles. The standard InChI is InChI=1S/C20H26FN5O2/c1-20(2,3)16(19(28)22-4)25-18(27)15-14-11-23-9-10-26(14)17(24-15)12-5-7-13(21)8-6-12/h5-8,16,23H,9-11H2,1-4H3,(H,22,28)(H,25,27). The third-order valence-corrected chi connectivity index (χ3v) is 4.84. The van der Waals surface area contributed by atoms with E-state index < -0.39 is 17.4 Å². The Morgan fingerprint density at radius 1 is 1.25 bits per heavy atom. The lowest BCUT2D eigenvalue weighted by atomic mass is 9.86. The second-order valence-corrected chi connectivity index (χ2v) is 7.95. The highest BCUT2D eigenvalue weighted by Gasteiger charge is 2.34. The van der Waals surface area contributed by atoms with Crippen molar-refractivity contribution in [1.82, 2.24) is 25.5 Å². The van der Waals surface area contributed by atoms with Gasteiger partial charge in [0, 0.05) is 32.2 Å². The van der Waals surface area contributed by atoms with Gasteiger partial charge >= 0.3 is 0 Å². The van der Waals surface area contributed by atoms with Crippen molar-refractivity contribution in [2.75, 3.05) is 13.6 Å². The summed E-state index contributed by atoms with van der Waals surface area (Å²) in [5, 5.41) is 8.68. The first kappa shape index (κ1) is 20.0. The summed E-state index contributed by atoms with van der Waals surface area (Å²) in [5.74, 6) is -0.364. The zero-order valence-electron chi connectivity index (χ0n) is 16.6. The number of rotatable bonds is 4. The Labute approximate surface area is 163 Å². The van der Waals surface area contributed by atoms with Crippen LogP contribution in [0.25, 0.3) is 11.4 Å². The minimum atomic E-state index is -0.701. The highest BCUT2D eigenvalue weighted by Crippen LogP contribution is 2.26. The molecule has 0 radical (unpaired) electrons. The van der Waals surface area contributed by atoms with E-state index in [1.807, 2.05) is 25.3 Å². The molecule has 28 heavy (non-hydrogen) atoms. The predicted octanol–water partition coefficient (Wildman–Crippen LogP) is 1.68. The van der Waals surface area contributed by atoms with Gasteiger partial charge in [0.25, 0.3) is 5.91 Å². The van der Waals surface area contributed by atoms with Crippen LogP contribution in [0.1, 0.15) is 37.0 Å². The molecule has 2 amide bonds. The molecule has 7 nitrogen and oxygen atoms in total. The highest BCUT2D eigenvalue weighted by atomic mass is 19.1. The molecule has 0 fully saturated rings. The van der Waals surface area contributed by atoms with Gasteiger partial charge in [-0.1, -0.05) is 20.8 Å². The second-order valence-electron chi connectivity index (χ2n) is 7.95. The topological polar surface area (TPSA) is 88.1 Å². The van der Waals surface area contributed by atoms with E-state index in [4.69, 9.17) is 0 Å². The number of hydrogen-bond acceptors (Lipinski definition) is 4. The zero-order valence-corrected chi connectivity index (χ0v) is 16.6. The molecule has 1 aromatic carbocycles. The third-order valence-electron chi connectivity index (χ3n) is 4.84. The van der Waals surface area contributed by atoms with Crippen molar-refractivity contribution in [3.8, 4) is 11.4 Å². The molecule has 3 rings (SSSR count). The van der Waals surface area contributed by atoms with Crippen molar-refractivity contribution in [3.05, 3.63) is 41.5 Å². The Kier molecular flexibility index (Phi) is 5.51. The third kappa shape index (κ3) is 3.91. The van der Waals surface area contributed by atoms with Gasteiger partial charge in [0.05, 0.1) is 5.69 Å². The molecule has 0 saturated carbocycles. The number of benzene rings is 1. The lowest BCUT2D eigenvalue weighted by Gasteiger charge is -2.29. The van der Waals surface area contributed by atoms with Crippen LogP contribution in [0.15, 0.2) is 24.3 Å². The first-order valence-corrected chi connectivity index (χ1v) is 9.31. The van der Waals surface area contributed by atoms with E-state index in [-0.39, 0.29) is 17.4 Å². The summed E-state index contributed by atoms with van der Waals surface area (Å²) in [6, 6.07) is 5.35. The number of amides is 2. The Morgan fingerprint density at radius 3 is 2.54 bits per heavy atom. The van der Waals surface area contributed by atoms with Crippen molar-refractivity contribution in [1.29, 1.82) is 0 Å². The molecule has 0 saturated heterocycles. The molecule has 0 aliphatic carbocycles. The van der Waals surface area contributed by atoms with Crippen LogP contribution in [0, 0.1) is 11.2 Å². The number of halogens is 1. The van der Waals surface area contributed by atoms with Crippen molar-refractivity contribution in [2.24, 2.45) is 5.41 Å². The Balaban J connectivity index is 1.98. The Morgan fingerprint density at radius 2 is 1.93 bits per heavy atom. The van der Waals surface area contributed by atoms with Crippen molar-refractivity contribution in [2.45, 2.75) is 39.9 Å². The summed E-state index contributed by atoms with van der Waals surface area (Å²) >= 11 is 0. The minimum absolute atomic E-state index is 0.259. The van der Waals surface area contributed by atoms with Gasteiger partial charge in [-0.3, -0.25) is 9.59 Å². The monoisotopic (exact) mass is 387 g/mol. The molecule has 2 heterocycles. The molecule has 1 unspecified atom stereocenters. The average Bonchev–Trinajstić information content (AvgIpc) is 3.05. The molecule has 2 aromatic rings. The van der Waals surface area contributed by atoms with Gasteiger partial charge < -0.3 is 20.5 Å². The zero-order chi connectivity index (χ0) is 20.5. The maximum Gasteiger partial charge on any atom is 0.272 e. The average molecular weight is 387 g/mol. The van der Waals surface area contributed by atoms with E-state index in [2.05, 4.69) is 20.9 Å². The fraction of sp³-hybridized carbons (Fsp3) is 0.450. The summed E-state index contributed by atoms with van der Waals surface area (Å²) in [5.41, 5.74) is 1.31. The largest absolute Gasteiger partial charge is 0.357 e. The first-order valence-electron chi connectivity index (χ1n) is 9.31. The summed E-state index contributed by atoms with van der Waals surface area (Å²) < 4.78 is 15.3. The first-order chi connectivity index (χ1) is 13.2. The van der Waals surface area contributed by atoms with Crippen LogP contribution >= 0.6 is 0 Å². The highest BCUT2D eigenvalue weighted by molar-refractivity contribution is 5.97. The fourth-order valence-corrected chi connectivity index (χ4v) is 3.32. The molecule has 0 bridgehead atoms. The minimum Gasteiger partial charge on any atom is -0.357 e. The van der Waals surface area contributed by atoms with E-state index in [1.54, 1.807) is 19.2 Å². The van der Waals surface area contributed by atoms with E-state index in [0.29, 0.717) is 18.9 Å². The van der Waals surface area contributed by atoms with Crippen LogP contribution in [0.5, 0.6) is 0 Å². The van der Waals surface area contributed by atoms with Gasteiger partial charge in [-0.05, 0) is 29.7 Å². The SMILES string of the molecule is CNC(=O)C(NC(=O)c1nc(-c2ccc(F)cc2)n2c1CNCC2)C(C)(C)C. The van der Waals surface area contributed by atoms with Gasteiger partial charge in [0.2, 0.25) is 5.91 Å². The van der Waals surface area contributed by atoms with Crippen LogP contribution in [0.2, 0.25) is 0 Å². The number of hydrogen-bond donors (Lipinski definition) is 3. The summed E-state index contributed by atoms with van der Waals surface area (Å²) in [6.07, 6.45) is 0. The number of nitrogens with zero attached hydrogens (tertiary/aromatic N) is 2. The quantitative estimate of drug-likeness (QED) is 0.745. The Bertz CT molecular complexity index is 883. The van der Waals surface area contributed by atoms with E-state index in [0.717, 1.165) is 17.8 Å². The number of likely N-dealkylation sites (N-methyl/N-ethyl adjacent to an activating group) is 1. The number of carbonyl (C=O) groups is 2. The van der Waals surface area contributed by atoms with Crippen LogP contribution in [-0.2, 0) is 17.9 Å². The van der Waals surface area contributed by atoms with Crippen molar-refractivity contribution in [3.63, 3.8) is 0 Å². The van der Waals surface area contributed by atoms with Crippen molar-refractivity contribution >= 4 is 11.8 Å². The number of fused-ring (bicyclic) bond motifs is 1. The molecule has 1 atom stereocenters. The van der Waals surface area contributed by atoms with Gasteiger partial charge in [-0.2, -0.15) is 0 Å². The summed E-state index contributed by atoms with van der Waals surface area (Å²) in [6.45, 7) is 7.57. The van der Waals surface area contributed by atoms with Crippen LogP contribution < -0.4 is 16.0 Å². The molecule has 150 valence electrons. The van der Waals surface area contributed by atoms with Gasteiger partial charge in [0.15, 0.2) is 5.69 Å². The van der Waals surface area contributed by atoms with Crippen molar-refractivity contribution < 1.29 is 14.0 Å². The van der Waals surface area contributed by atoms with Gasteiger partial charge in [0.1, 0.15) is 17.7 Å². The summed E-state index contributed by atoms with van der Waals surface area (Å²) in [4.78, 5) is 29.9. The molecule has 0 spiro atoms. The number of imidazole rings is 1. The molecule has 1 aliphatic rings. The smallest absolute Gasteiger partial charge is 0.272 e. The second kappa shape index (κ2) is 7.71. The van der Waals surface area contributed by atoms with Crippen LogP contribution in [-0.4, -0.2) is 41.0 Å². The van der Waals surface area contributed by atoms with E-state index >= 15 is 0 Å². The molecule has 3 N–H and O–H groups in total. The maximum atomic E-state index is 13.3. The molecule has 1 aliphatic heterocycles. The lowest BCUT2D eigenvalue weighted by Crippen LogP contribution is -2.53. The van der Waals surface area contributed by atoms with Crippen LogP contribution in [0.4, 0.5) is 4.39 Å². The van der Waals surface area contributed by atoms with E-state index in [9.17, 15) is 14.0 Å². The number of carbonyl (C=O) groups excluding carboxylic acids is 2. The lowest BCUT2D eigenvalue weighted by molar-refractivity contribution is -0.124. The molecular formula is C20H26FN5O2. The maximum absolute atomic E-state index is 13.3. The fourth-order valence-electron chi connectivity index (χ4n) is 3.32. The normalized spacial score (nSPS) is 14.9. The summed E-state index contributed by atoms with van der Waals surface area (Å²) in [7, 11) is 1.54. The van der Waals surface area contributed by atoms with Crippen LogP contribution in [0.3, 0.4) is 0 Å². The van der Waals surface area contributed by atoms with Gasteiger partial charge in [-0.15, -0.1) is 0 Å². The predicted molar refractivity (Wildman–Crippen MR) is 104 cm³/mol. The number of aromatic nitrogens is 2. The molecular weight excluding hydrogens is 361 g/mol. The number of nitrogens with one attached hydrogen (secondary N) is 3. The Hall–Kier alpha value is -2.74. The van der Waals surface area contributed by atoms with E-state index in [1.165, 1.54) is 12.1 Å².